The summed E-state index contributed by atoms with van der Waals surface area (Å²) in [6, 6.07) is 11.3. The first kappa shape index (κ1) is 17.7. The summed E-state index contributed by atoms with van der Waals surface area (Å²) in [6.07, 6.45) is 2.70. The third-order valence-electron chi connectivity index (χ3n) is 3.73. The van der Waals surface area contributed by atoms with Crippen LogP contribution in [0.15, 0.2) is 46.3 Å². The molecule has 25 heavy (non-hydrogen) atoms. The molecule has 0 aliphatic rings. The molecule has 0 radical (unpaired) electrons. The summed E-state index contributed by atoms with van der Waals surface area (Å²) in [6.45, 7) is 2.10. The van der Waals surface area contributed by atoms with Crippen LogP contribution in [-0.4, -0.2) is 21.8 Å². The maximum Gasteiger partial charge on any atom is 0.326 e. The number of ether oxygens (including phenoxy) is 1. The zero-order valence-corrected chi connectivity index (χ0v) is 15.7. The number of rotatable bonds is 6. The SMILES string of the molecule is CCc1cc2c(=O)n(CC(=O)OCc3ccccc3)c(SC)nc2s1. The molecule has 0 N–H and O–H groups in total. The first-order chi connectivity index (χ1) is 12.1. The van der Waals surface area contributed by atoms with E-state index < -0.39 is 5.97 Å². The fourth-order valence-electron chi connectivity index (χ4n) is 2.43. The highest BCUT2D eigenvalue weighted by atomic mass is 32.2. The van der Waals surface area contributed by atoms with Gasteiger partial charge < -0.3 is 4.74 Å². The molecule has 0 amide bonds. The van der Waals surface area contributed by atoms with Gasteiger partial charge in [-0.1, -0.05) is 49.0 Å². The minimum atomic E-state index is -0.451. The number of nitrogens with zero attached hydrogens (tertiary/aromatic N) is 2. The molecule has 1 aromatic carbocycles. The van der Waals surface area contributed by atoms with E-state index in [1.165, 1.54) is 27.7 Å². The quantitative estimate of drug-likeness (QED) is 0.375. The van der Waals surface area contributed by atoms with Crippen LogP contribution in [-0.2, 0) is 29.1 Å². The molecule has 0 atom stereocenters. The topological polar surface area (TPSA) is 61.2 Å². The molecule has 7 heteroatoms. The first-order valence-corrected chi connectivity index (χ1v) is 9.93. The van der Waals surface area contributed by atoms with Gasteiger partial charge in [0.2, 0.25) is 0 Å². The van der Waals surface area contributed by atoms with Crippen LogP contribution in [0.4, 0.5) is 0 Å². The summed E-state index contributed by atoms with van der Waals surface area (Å²) in [5.41, 5.74) is 0.717. The molecule has 130 valence electrons. The molecule has 0 saturated carbocycles. The number of thiophene rings is 1. The maximum atomic E-state index is 12.8. The van der Waals surface area contributed by atoms with Crippen molar-refractivity contribution in [3.8, 4) is 0 Å². The molecule has 0 saturated heterocycles. The summed E-state index contributed by atoms with van der Waals surface area (Å²) >= 11 is 2.87. The minimum absolute atomic E-state index is 0.137. The number of benzene rings is 1. The maximum absolute atomic E-state index is 12.8. The number of esters is 1. The zero-order chi connectivity index (χ0) is 17.8. The van der Waals surface area contributed by atoms with Gasteiger partial charge in [-0.15, -0.1) is 11.3 Å². The Morgan fingerprint density at radius 1 is 1.32 bits per heavy atom. The molecule has 0 bridgehead atoms. The molecule has 0 spiro atoms. The van der Waals surface area contributed by atoms with Gasteiger partial charge in [-0.3, -0.25) is 14.2 Å². The van der Waals surface area contributed by atoms with Crippen molar-refractivity contribution in [1.82, 2.24) is 9.55 Å². The minimum Gasteiger partial charge on any atom is -0.459 e. The first-order valence-electron chi connectivity index (χ1n) is 7.89. The summed E-state index contributed by atoms with van der Waals surface area (Å²) in [7, 11) is 0. The van der Waals surface area contributed by atoms with E-state index in [9.17, 15) is 9.59 Å². The molecular weight excluding hydrogens is 356 g/mol. The van der Waals surface area contributed by atoms with Crippen LogP contribution in [0, 0.1) is 0 Å². The summed E-state index contributed by atoms with van der Waals surface area (Å²) in [5, 5.41) is 1.09. The van der Waals surface area contributed by atoms with Gasteiger partial charge in [0, 0.05) is 4.88 Å². The third-order valence-corrected chi connectivity index (χ3v) is 5.58. The Morgan fingerprint density at radius 2 is 2.08 bits per heavy atom. The van der Waals surface area contributed by atoms with E-state index in [1.807, 2.05) is 49.6 Å². The van der Waals surface area contributed by atoms with Crippen LogP contribution in [0.2, 0.25) is 0 Å². The second kappa shape index (κ2) is 7.84. The van der Waals surface area contributed by atoms with E-state index in [2.05, 4.69) is 4.98 Å². The van der Waals surface area contributed by atoms with Crippen molar-refractivity contribution >= 4 is 39.3 Å². The fourth-order valence-corrected chi connectivity index (χ4v) is 4.00. The Morgan fingerprint density at radius 3 is 2.76 bits per heavy atom. The summed E-state index contributed by atoms with van der Waals surface area (Å²) in [4.78, 5) is 31.3. The molecule has 5 nitrogen and oxygen atoms in total. The second-order valence-electron chi connectivity index (χ2n) is 5.42. The van der Waals surface area contributed by atoms with Crippen molar-refractivity contribution in [2.75, 3.05) is 6.26 Å². The molecule has 3 rings (SSSR count). The Balaban J connectivity index is 1.83. The van der Waals surface area contributed by atoms with Crippen molar-refractivity contribution in [2.24, 2.45) is 0 Å². The Kier molecular flexibility index (Phi) is 5.55. The molecule has 0 fully saturated rings. The predicted molar refractivity (Wildman–Crippen MR) is 101 cm³/mol. The number of hydrogen-bond donors (Lipinski definition) is 0. The van der Waals surface area contributed by atoms with Crippen molar-refractivity contribution in [3.63, 3.8) is 0 Å². The number of fused-ring (bicyclic) bond motifs is 1. The number of hydrogen-bond acceptors (Lipinski definition) is 6. The molecule has 0 aliphatic carbocycles. The smallest absolute Gasteiger partial charge is 0.326 e. The van der Waals surface area contributed by atoms with Crippen molar-refractivity contribution < 1.29 is 9.53 Å². The predicted octanol–water partition coefficient (Wildman–Crippen LogP) is 3.49. The standard InChI is InChI=1S/C18H18N2O3S2/c1-3-13-9-14-16(25-13)19-18(24-2)20(17(14)22)10-15(21)23-11-12-7-5-4-6-8-12/h4-9H,3,10-11H2,1-2H3. The van der Waals surface area contributed by atoms with Gasteiger partial charge in [0.15, 0.2) is 5.16 Å². The molecular formula is C18H18N2O3S2. The van der Waals surface area contributed by atoms with E-state index in [1.54, 1.807) is 0 Å². The average Bonchev–Trinajstić information content (AvgIpc) is 3.06. The van der Waals surface area contributed by atoms with Gasteiger partial charge in [-0.25, -0.2) is 4.98 Å². The molecule has 3 aromatic rings. The lowest BCUT2D eigenvalue weighted by Crippen LogP contribution is -2.27. The van der Waals surface area contributed by atoms with Crippen LogP contribution in [0.25, 0.3) is 10.2 Å². The van der Waals surface area contributed by atoms with Crippen LogP contribution in [0.1, 0.15) is 17.4 Å². The van der Waals surface area contributed by atoms with Crippen LogP contribution >= 0.6 is 23.1 Å². The highest BCUT2D eigenvalue weighted by Gasteiger charge is 2.16. The number of aromatic nitrogens is 2. The van der Waals surface area contributed by atoms with Gasteiger partial charge in [0.05, 0.1) is 5.39 Å². The molecule has 2 aromatic heterocycles. The lowest BCUT2D eigenvalue weighted by Gasteiger charge is -2.10. The van der Waals surface area contributed by atoms with Crippen LogP contribution in [0.3, 0.4) is 0 Å². The zero-order valence-electron chi connectivity index (χ0n) is 14.0. The van der Waals surface area contributed by atoms with Crippen LogP contribution < -0.4 is 5.56 Å². The van der Waals surface area contributed by atoms with E-state index >= 15 is 0 Å². The average molecular weight is 374 g/mol. The summed E-state index contributed by atoms with van der Waals surface area (Å²) < 4.78 is 6.69. The van der Waals surface area contributed by atoms with Crippen molar-refractivity contribution in [3.05, 3.63) is 57.2 Å². The Hall–Kier alpha value is -2.12. The Labute approximate surface area is 153 Å². The van der Waals surface area contributed by atoms with Gasteiger partial charge in [-0.05, 0) is 24.3 Å². The monoisotopic (exact) mass is 374 g/mol. The van der Waals surface area contributed by atoms with E-state index in [4.69, 9.17) is 4.74 Å². The number of aryl methyl sites for hydroxylation is 1. The molecule has 0 unspecified atom stereocenters. The van der Waals surface area contributed by atoms with Crippen molar-refractivity contribution in [1.29, 1.82) is 0 Å². The largest absolute Gasteiger partial charge is 0.459 e. The normalized spacial score (nSPS) is 11.0. The second-order valence-corrected chi connectivity index (χ2v) is 7.31. The van der Waals surface area contributed by atoms with Gasteiger partial charge >= 0.3 is 5.97 Å². The highest BCUT2D eigenvalue weighted by molar-refractivity contribution is 7.98. The third kappa shape index (κ3) is 3.93. The molecule has 0 aliphatic heterocycles. The molecule has 2 heterocycles. The lowest BCUT2D eigenvalue weighted by atomic mass is 10.2. The Bertz CT molecular complexity index is 948. The van der Waals surface area contributed by atoms with Crippen LogP contribution in [0.5, 0.6) is 0 Å². The fraction of sp³-hybridized carbons (Fsp3) is 0.278. The highest BCUT2D eigenvalue weighted by Crippen LogP contribution is 2.24. The van der Waals surface area contributed by atoms with Gasteiger partial charge in [-0.2, -0.15) is 0 Å². The van der Waals surface area contributed by atoms with E-state index in [0.29, 0.717) is 10.5 Å². The van der Waals surface area contributed by atoms with E-state index in [-0.39, 0.29) is 18.7 Å². The summed E-state index contributed by atoms with van der Waals surface area (Å²) in [5.74, 6) is -0.451. The van der Waals surface area contributed by atoms with E-state index in [0.717, 1.165) is 21.7 Å². The van der Waals surface area contributed by atoms with Gasteiger partial charge in [0.1, 0.15) is 18.0 Å². The number of thioether (sulfide) groups is 1. The number of carbonyl (C=O) groups excluding carboxylic acids is 1. The van der Waals surface area contributed by atoms with Crippen molar-refractivity contribution in [2.45, 2.75) is 31.7 Å². The lowest BCUT2D eigenvalue weighted by molar-refractivity contribution is -0.145. The number of carbonyl (C=O) groups is 1. The van der Waals surface area contributed by atoms with Gasteiger partial charge in [0.25, 0.3) is 5.56 Å².